The van der Waals surface area contributed by atoms with Crippen molar-refractivity contribution in [2.24, 2.45) is 5.73 Å². The highest BCUT2D eigenvalue weighted by Gasteiger charge is 2.31. The summed E-state index contributed by atoms with van der Waals surface area (Å²) < 4.78 is 45.2. The van der Waals surface area contributed by atoms with Gasteiger partial charge in [0.05, 0.1) is 6.61 Å². The molecule has 0 spiro atoms. The Bertz CT molecular complexity index is 411. The van der Waals surface area contributed by atoms with Gasteiger partial charge in [0, 0.05) is 12.1 Å². The molecule has 0 amide bonds. The van der Waals surface area contributed by atoms with Crippen LogP contribution in [-0.4, -0.2) is 25.1 Å². The van der Waals surface area contributed by atoms with Crippen molar-refractivity contribution in [1.82, 2.24) is 0 Å². The number of hydrogen-bond donors (Lipinski definition) is 1. The van der Waals surface area contributed by atoms with E-state index >= 15 is 0 Å². The first kappa shape index (κ1) is 14.1. The summed E-state index contributed by atoms with van der Waals surface area (Å²) in [6, 6.07) is 5.81. The average Bonchev–Trinajstić information content (AvgIpc) is 2.30. The first-order valence-corrected chi connectivity index (χ1v) is 6.08. The second-order valence-corrected chi connectivity index (χ2v) is 4.89. The summed E-state index contributed by atoms with van der Waals surface area (Å²) in [6.07, 6.45) is -2.31. The smallest absolute Gasteiger partial charge is 0.406 e. The summed E-state index contributed by atoms with van der Waals surface area (Å²) in [5.41, 5.74) is 6.65. The molecule has 2 rings (SSSR count). The molecule has 0 bridgehead atoms. The molecular formula is C13H16F3NO2. The summed E-state index contributed by atoms with van der Waals surface area (Å²) in [5.74, 6) is -0.220. The highest BCUT2D eigenvalue weighted by atomic mass is 19.4. The highest BCUT2D eigenvalue weighted by Crippen LogP contribution is 2.25. The van der Waals surface area contributed by atoms with Gasteiger partial charge in [-0.15, -0.1) is 13.2 Å². The van der Waals surface area contributed by atoms with Gasteiger partial charge in [-0.05, 0) is 37.0 Å². The molecule has 19 heavy (non-hydrogen) atoms. The molecule has 0 saturated carbocycles. The van der Waals surface area contributed by atoms with Gasteiger partial charge < -0.3 is 15.2 Å². The molecule has 1 aromatic carbocycles. The predicted molar refractivity (Wildman–Crippen MR) is 63.8 cm³/mol. The largest absolute Gasteiger partial charge is 0.573 e. The minimum absolute atomic E-state index is 0.220. The van der Waals surface area contributed by atoms with Crippen molar-refractivity contribution in [3.05, 3.63) is 29.8 Å². The Kier molecular flexibility index (Phi) is 4.01. The fraction of sp³-hybridized carbons (Fsp3) is 0.538. The van der Waals surface area contributed by atoms with Gasteiger partial charge in [0.25, 0.3) is 0 Å². The molecule has 1 saturated heterocycles. The van der Waals surface area contributed by atoms with Gasteiger partial charge in [0.15, 0.2) is 0 Å². The second-order valence-electron chi connectivity index (χ2n) is 4.89. The molecule has 1 atom stereocenters. The van der Waals surface area contributed by atoms with Gasteiger partial charge in [-0.3, -0.25) is 0 Å². The molecule has 1 fully saturated rings. The zero-order chi connectivity index (χ0) is 13.9. The van der Waals surface area contributed by atoms with Crippen molar-refractivity contribution in [3.63, 3.8) is 0 Å². The third-order valence-electron chi connectivity index (χ3n) is 3.07. The first-order valence-electron chi connectivity index (χ1n) is 6.08. The summed E-state index contributed by atoms with van der Waals surface area (Å²) >= 11 is 0. The van der Waals surface area contributed by atoms with Gasteiger partial charge in [0.2, 0.25) is 0 Å². The van der Waals surface area contributed by atoms with E-state index in [4.69, 9.17) is 10.5 Å². The van der Waals surface area contributed by atoms with Gasteiger partial charge in [-0.2, -0.15) is 0 Å². The van der Waals surface area contributed by atoms with Gasteiger partial charge in [-0.1, -0.05) is 12.1 Å². The van der Waals surface area contributed by atoms with Crippen LogP contribution in [0.3, 0.4) is 0 Å². The SMILES string of the molecule is NC1(Cc2ccc(OC(F)(F)F)cc2)CCCOC1. The number of ether oxygens (including phenoxy) is 2. The minimum atomic E-state index is -4.66. The van der Waals surface area contributed by atoms with Gasteiger partial charge in [0.1, 0.15) is 5.75 Å². The van der Waals surface area contributed by atoms with Crippen LogP contribution in [0, 0.1) is 0 Å². The predicted octanol–water partition coefficient (Wildman–Crippen LogP) is 2.64. The summed E-state index contributed by atoms with van der Waals surface area (Å²) in [5, 5.41) is 0. The van der Waals surface area contributed by atoms with E-state index in [9.17, 15) is 13.2 Å². The number of benzene rings is 1. The normalized spacial score (nSPS) is 24.2. The van der Waals surface area contributed by atoms with Crippen LogP contribution in [0.15, 0.2) is 24.3 Å². The second kappa shape index (κ2) is 5.38. The third kappa shape index (κ3) is 4.40. The standard InChI is InChI=1S/C13H16F3NO2/c14-13(15,16)19-11-4-2-10(3-5-11)8-12(17)6-1-7-18-9-12/h2-5H,1,6-9,17H2. The van der Waals surface area contributed by atoms with E-state index in [-0.39, 0.29) is 5.75 Å². The topological polar surface area (TPSA) is 44.5 Å². The van der Waals surface area contributed by atoms with E-state index in [2.05, 4.69) is 4.74 Å². The minimum Gasteiger partial charge on any atom is -0.406 e. The first-order chi connectivity index (χ1) is 8.86. The van der Waals surface area contributed by atoms with Crippen molar-refractivity contribution in [1.29, 1.82) is 0 Å². The monoisotopic (exact) mass is 275 g/mol. The molecule has 1 aromatic rings. The summed E-state index contributed by atoms with van der Waals surface area (Å²) in [6.45, 7) is 1.20. The lowest BCUT2D eigenvalue weighted by molar-refractivity contribution is -0.274. The Morgan fingerprint density at radius 2 is 1.95 bits per heavy atom. The van der Waals surface area contributed by atoms with Crippen LogP contribution in [-0.2, 0) is 11.2 Å². The maximum atomic E-state index is 12.0. The fourth-order valence-electron chi connectivity index (χ4n) is 2.23. The molecule has 3 nitrogen and oxygen atoms in total. The number of rotatable bonds is 3. The average molecular weight is 275 g/mol. The molecular weight excluding hydrogens is 259 g/mol. The molecule has 6 heteroatoms. The van der Waals surface area contributed by atoms with E-state index in [0.717, 1.165) is 25.0 Å². The van der Waals surface area contributed by atoms with E-state index in [0.29, 0.717) is 13.0 Å². The Labute approximate surface area is 109 Å². The van der Waals surface area contributed by atoms with E-state index in [1.807, 2.05) is 0 Å². The Hall–Kier alpha value is -1.27. The molecule has 1 aliphatic heterocycles. The van der Waals surface area contributed by atoms with Gasteiger partial charge >= 0.3 is 6.36 Å². The molecule has 1 aliphatic rings. The number of halogens is 3. The zero-order valence-corrected chi connectivity index (χ0v) is 10.4. The summed E-state index contributed by atoms with van der Waals surface area (Å²) in [7, 11) is 0. The maximum absolute atomic E-state index is 12.0. The van der Waals surface area contributed by atoms with Gasteiger partial charge in [-0.25, -0.2) is 0 Å². The number of hydrogen-bond acceptors (Lipinski definition) is 3. The van der Waals surface area contributed by atoms with E-state index < -0.39 is 11.9 Å². The van der Waals surface area contributed by atoms with Crippen molar-refractivity contribution in [2.75, 3.05) is 13.2 Å². The van der Waals surface area contributed by atoms with Crippen LogP contribution in [0.5, 0.6) is 5.75 Å². The highest BCUT2D eigenvalue weighted by molar-refractivity contribution is 5.28. The van der Waals surface area contributed by atoms with Crippen LogP contribution in [0.4, 0.5) is 13.2 Å². The molecule has 0 radical (unpaired) electrons. The number of alkyl halides is 3. The quantitative estimate of drug-likeness (QED) is 0.922. The van der Waals surface area contributed by atoms with Crippen molar-refractivity contribution < 1.29 is 22.6 Å². The molecule has 1 unspecified atom stereocenters. The van der Waals surface area contributed by atoms with Crippen LogP contribution in [0.1, 0.15) is 18.4 Å². The van der Waals surface area contributed by atoms with Crippen LogP contribution in [0.25, 0.3) is 0 Å². The Balaban J connectivity index is 1.98. The Morgan fingerprint density at radius 3 is 2.47 bits per heavy atom. The molecule has 0 aliphatic carbocycles. The third-order valence-corrected chi connectivity index (χ3v) is 3.07. The lowest BCUT2D eigenvalue weighted by atomic mass is 9.87. The van der Waals surface area contributed by atoms with Crippen LogP contribution in [0.2, 0.25) is 0 Å². The van der Waals surface area contributed by atoms with E-state index in [1.54, 1.807) is 12.1 Å². The molecule has 106 valence electrons. The number of nitrogens with two attached hydrogens (primary N) is 1. The molecule has 1 heterocycles. The van der Waals surface area contributed by atoms with Crippen molar-refractivity contribution in [3.8, 4) is 5.75 Å². The van der Waals surface area contributed by atoms with Crippen LogP contribution >= 0.6 is 0 Å². The lowest BCUT2D eigenvalue weighted by Gasteiger charge is -2.33. The summed E-state index contributed by atoms with van der Waals surface area (Å²) in [4.78, 5) is 0. The molecule has 2 N–H and O–H groups in total. The van der Waals surface area contributed by atoms with Crippen molar-refractivity contribution in [2.45, 2.75) is 31.2 Å². The zero-order valence-electron chi connectivity index (χ0n) is 10.4. The molecule has 0 aromatic heterocycles. The van der Waals surface area contributed by atoms with Crippen LogP contribution < -0.4 is 10.5 Å². The Morgan fingerprint density at radius 1 is 1.26 bits per heavy atom. The van der Waals surface area contributed by atoms with E-state index in [1.165, 1.54) is 12.1 Å². The fourth-order valence-corrected chi connectivity index (χ4v) is 2.23. The van der Waals surface area contributed by atoms with Crippen molar-refractivity contribution >= 4 is 0 Å². The lowest BCUT2D eigenvalue weighted by Crippen LogP contribution is -2.49. The maximum Gasteiger partial charge on any atom is 0.573 e.